The van der Waals surface area contributed by atoms with Crippen LogP contribution in [-0.4, -0.2) is 34.8 Å². The Balaban J connectivity index is 2.61. The predicted octanol–water partition coefficient (Wildman–Crippen LogP) is 1.62. The molecule has 0 atom stereocenters. The summed E-state index contributed by atoms with van der Waals surface area (Å²) in [4.78, 5) is 19.2. The number of nitrogens with zero attached hydrogens (tertiary/aromatic N) is 1. The molecule has 5 heteroatoms. The number of methoxy groups -OCH3 is 1. The maximum atomic E-state index is 11.6. The molecule has 1 aromatic heterocycles. The molecular formula is C13H16N2O3. The zero-order valence-electron chi connectivity index (χ0n) is 10.7. The number of ether oxygens (including phenoxy) is 1. The van der Waals surface area contributed by atoms with Gasteiger partial charge in [0.25, 0.3) is 0 Å². The normalized spacial score (nSPS) is 11.8. The summed E-state index contributed by atoms with van der Waals surface area (Å²) >= 11 is 0. The standard InChI is InChI=1S/C13H16N2O3/c1-13(2,7-16)12-14-9-6-4-5-8(10(9)15-12)11(17)18-3/h4-6,16H,7H2,1-3H3,(H,14,15). The molecule has 0 aliphatic rings. The van der Waals surface area contributed by atoms with Crippen molar-refractivity contribution in [2.24, 2.45) is 0 Å². The zero-order chi connectivity index (χ0) is 13.3. The Hall–Kier alpha value is -1.88. The van der Waals surface area contributed by atoms with Crippen molar-refractivity contribution in [3.05, 3.63) is 29.6 Å². The summed E-state index contributed by atoms with van der Waals surface area (Å²) in [5.41, 5.74) is 1.27. The van der Waals surface area contributed by atoms with E-state index < -0.39 is 11.4 Å². The highest BCUT2D eigenvalue weighted by Gasteiger charge is 2.24. The van der Waals surface area contributed by atoms with Crippen molar-refractivity contribution in [2.45, 2.75) is 19.3 Å². The zero-order valence-corrected chi connectivity index (χ0v) is 10.7. The fraction of sp³-hybridized carbons (Fsp3) is 0.385. The van der Waals surface area contributed by atoms with E-state index in [1.807, 2.05) is 19.9 Å². The van der Waals surface area contributed by atoms with Crippen LogP contribution in [0.2, 0.25) is 0 Å². The number of hydrogen-bond acceptors (Lipinski definition) is 4. The molecule has 2 N–H and O–H groups in total. The molecule has 0 radical (unpaired) electrons. The minimum atomic E-state index is -0.480. The van der Waals surface area contributed by atoms with E-state index in [9.17, 15) is 9.90 Å². The number of H-pyrrole nitrogens is 1. The van der Waals surface area contributed by atoms with Crippen LogP contribution < -0.4 is 0 Å². The highest BCUT2D eigenvalue weighted by molar-refractivity contribution is 6.01. The van der Waals surface area contributed by atoms with Gasteiger partial charge in [0.1, 0.15) is 11.3 Å². The van der Waals surface area contributed by atoms with Crippen LogP contribution in [0, 0.1) is 0 Å². The molecule has 0 amide bonds. The van der Waals surface area contributed by atoms with Crippen LogP contribution in [-0.2, 0) is 10.2 Å². The number of aliphatic hydroxyl groups is 1. The van der Waals surface area contributed by atoms with Gasteiger partial charge in [-0.25, -0.2) is 9.78 Å². The lowest BCUT2D eigenvalue weighted by molar-refractivity contribution is 0.0603. The molecule has 1 aromatic carbocycles. The summed E-state index contributed by atoms with van der Waals surface area (Å²) in [6.45, 7) is 3.73. The maximum absolute atomic E-state index is 11.6. The number of aromatic nitrogens is 2. The van der Waals surface area contributed by atoms with Crippen LogP contribution in [0.15, 0.2) is 18.2 Å². The molecule has 96 valence electrons. The van der Waals surface area contributed by atoms with Gasteiger partial charge in [0.2, 0.25) is 0 Å². The van der Waals surface area contributed by atoms with Gasteiger partial charge in [-0.15, -0.1) is 0 Å². The topological polar surface area (TPSA) is 75.2 Å². The SMILES string of the molecule is COC(=O)c1cccc2[nH]c(C(C)(C)CO)nc12. The summed E-state index contributed by atoms with van der Waals surface area (Å²) in [6, 6.07) is 5.28. The molecule has 0 saturated carbocycles. The number of aromatic amines is 1. The third kappa shape index (κ3) is 1.97. The van der Waals surface area contributed by atoms with Crippen molar-refractivity contribution >= 4 is 17.0 Å². The Labute approximate surface area is 105 Å². The number of benzene rings is 1. The molecule has 1 heterocycles. The van der Waals surface area contributed by atoms with Gasteiger partial charge in [0.15, 0.2) is 0 Å². The van der Waals surface area contributed by atoms with Crippen LogP contribution in [0.4, 0.5) is 0 Å². The van der Waals surface area contributed by atoms with Crippen LogP contribution in [0.5, 0.6) is 0 Å². The van der Waals surface area contributed by atoms with E-state index >= 15 is 0 Å². The molecule has 0 bridgehead atoms. The van der Waals surface area contributed by atoms with Gasteiger partial charge in [0, 0.05) is 5.41 Å². The lowest BCUT2D eigenvalue weighted by Crippen LogP contribution is -2.23. The number of imidazole rings is 1. The highest BCUT2D eigenvalue weighted by atomic mass is 16.5. The fourth-order valence-electron chi connectivity index (χ4n) is 1.70. The summed E-state index contributed by atoms with van der Waals surface area (Å²) in [5.74, 6) is 0.233. The van der Waals surface area contributed by atoms with Crippen molar-refractivity contribution in [3.8, 4) is 0 Å². The van der Waals surface area contributed by atoms with E-state index in [1.54, 1.807) is 12.1 Å². The van der Waals surface area contributed by atoms with Gasteiger partial charge >= 0.3 is 5.97 Å². The predicted molar refractivity (Wildman–Crippen MR) is 67.5 cm³/mol. The van der Waals surface area contributed by atoms with E-state index in [4.69, 9.17) is 4.74 Å². The molecular weight excluding hydrogens is 232 g/mol. The smallest absolute Gasteiger partial charge is 0.340 e. The van der Waals surface area contributed by atoms with Crippen molar-refractivity contribution in [3.63, 3.8) is 0 Å². The van der Waals surface area contributed by atoms with Gasteiger partial charge in [0.05, 0.1) is 24.8 Å². The minimum Gasteiger partial charge on any atom is -0.465 e. The molecule has 2 rings (SSSR count). The Morgan fingerprint density at radius 2 is 2.22 bits per heavy atom. The number of carbonyl (C=O) groups excluding carboxylic acids is 1. The van der Waals surface area contributed by atoms with Gasteiger partial charge in [-0.3, -0.25) is 0 Å². The van der Waals surface area contributed by atoms with Crippen molar-refractivity contribution < 1.29 is 14.6 Å². The third-order valence-electron chi connectivity index (χ3n) is 2.95. The molecule has 0 saturated heterocycles. The van der Waals surface area contributed by atoms with E-state index in [-0.39, 0.29) is 6.61 Å². The maximum Gasteiger partial charge on any atom is 0.340 e. The Morgan fingerprint density at radius 1 is 1.50 bits per heavy atom. The van der Waals surface area contributed by atoms with Crippen molar-refractivity contribution in [2.75, 3.05) is 13.7 Å². The fourth-order valence-corrected chi connectivity index (χ4v) is 1.70. The van der Waals surface area contributed by atoms with E-state index in [1.165, 1.54) is 7.11 Å². The van der Waals surface area contributed by atoms with Gasteiger partial charge in [-0.1, -0.05) is 19.9 Å². The molecule has 2 aromatic rings. The number of esters is 1. The Morgan fingerprint density at radius 3 is 2.83 bits per heavy atom. The first-order valence-corrected chi connectivity index (χ1v) is 5.68. The van der Waals surface area contributed by atoms with E-state index in [0.29, 0.717) is 16.9 Å². The van der Waals surface area contributed by atoms with Crippen molar-refractivity contribution in [1.29, 1.82) is 0 Å². The first kappa shape index (κ1) is 12.6. The molecule has 5 nitrogen and oxygen atoms in total. The number of para-hydroxylation sites is 1. The molecule has 18 heavy (non-hydrogen) atoms. The van der Waals surface area contributed by atoms with Crippen LogP contribution in [0.25, 0.3) is 11.0 Å². The Bertz CT molecular complexity index is 587. The molecule has 0 fully saturated rings. The van der Waals surface area contributed by atoms with Crippen LogP contribution >= 0.6 is 0 Å². The average molecular weight is 248 g/mol. The molecule has 0 aliphatic carbocycles. The summed E-state index contributed by atoms with van der Waals surface area (Å²) in [7, 11) is 1.34. The lowest BCUT2D eigenvalue weighted by Gasteiger charge is -2.17. The van der Waals surface area contributed by atoms with Crippen LogP contribution in [0.3, 0.4) is 0 Å². The monoisotopic (exact) mass is 248 g/mol. The minimum absolute atomic E-state index is 0.0274. The second-order valence-corrected chi connectivity index (χ2v) is 4.82. The number of fused-ring (bicyclic) bond motifs is 1. The van der Waals surface area contributed by atoms with Gasteiger partial charge in [-0.05, 0) is 12.1 Å². The number of rotatable bonds is 3. The molecule has 0 unspecified atom stereocenters. The second-order valence-electron chi connectivity index (χ2n) is 4.82. The van der Waals surface area contributed by atoms with E-state index in [0.717, 1.165) is 5.52 Å². The van der Waals surface area contributed by atoms with Gasteiger partial charge in [-0.2, -0.15) is 0 Å². The molecule has 0 spiro atoms. The second kappa shape index (κ2) is 4.42. The van der Waals surface area contributed by atoms with Crippen molar-refractivity contribution in [1.82, 2.24) is 9.97 Å². The van der Waals surface area contributed by atoms with E-state index in [2.05, 4.69) is 9.97 Å². The lowest BCUT2D eigenvalue weighted by atomic mass is 9.94. The first-order valence-electron chi connectivity index (χ1n) is 5.68. The number of aliphatic hydroxyl groups excluding tert-OH is 1. The van der Waals surface area contributed by atoms with Gasteiger partial charge < -0.3 is 14.8 Å². The summed E-state index contributed by atoms with van der Waals surface area (Å²) in [5, 5.41) is 9.35. The average Bonchev–Trinajstić information content (AvgIpc) is 2.82. The number of carbonyl (C=O) groups is 1. The molecule has 0 aliphatic heterocycles. The number of hydrogen-bond donors (Lipinski definition) is 2. The summed E-state index contributed by atoms with van der Waals surface area (Å²) < 4.78 is 4.72. The van der Waals surface area contributed by atoms with Crippen LogP contribution in [0.1, 0.15) is 30.0 Å². The highest BCUT2D eigenvalue weighted by Crippen LogP contribution is 2.24. The Kier molecular flexibility index (Phi) is 3.09. The quantitative estimate of drug-likeness (QED) is 0.809. The summed E-state index contributed by atoms with van der Waals surface area (Å²) in [6.07, 6.45) is 0. The third-order valence-corrected chi connectivity index (χ3v) is 2.95. The largest absolute Gasteiger partial charge is 0.465 e. The first-order chi connectivity index (χ1) is 8.49. The number of nitrogens with one attached hydrogen (secondary N) is 1.